The number of piperidine rings is 1. The molecule has 0 bridgehead atoms. The number of nitrogens with one attached hydrogen (secondary N) is 2. The minimum Gasteiger partial charge on any atom is -0.496 e. The molecule has 3 rings (SSSR count). The fourth-order valence-corrected chi connectivity index (χ4v) is 3.53. The Labute approximate surface area is 174 Å². The summed E-state index contributed by atoms with van der Waals surface area (Å²) in [4.78, 5) is 0. The van der Waals surface area contributed by atoms with E-state index < -0.39 is 0 Å². The third-order valence-electron chi connectivity index (χ3n) is 4.80. The summed E-state index contributed by atoms with van der Waals surface area (Å²) in [6, 6.07) is 19.5. The van der Waals surface area contributed by atoms with Gasteiger partial charge in [-0.3, -0.25) is 0 Å². The highest BCUT2D eigenvalue weighted by Gasteiger charge is 2.25. The van der Waals surface area contributed by atoms with Crippen molar-refractivity contribution < 1.29 is 4.74 Å². The Kier molecular flexibility index (Phi) is 10.2. The van der Waals surface area contributed by atoms with E-state index in [1.54, 1.807) is 7.11 Å². The second-order valence-corrected chi connectivity index (χ2v) is 6.45. The Morgan fingerprint density at radius 1 is 1.19 bits per heavy atom. The fourth-order valence-electron chi connectivity index (χ4n) is 3.53. The van der Waals surface area contributed by atoms with Crippen molar-refractivity contribution in [2.24, 2.45) is 0 Å². The second-order valence-electron chi connectivity index (χ2n) is 6.45. The normalized spacial score (nSPS) is 18.5. The minimum absolute atomic E-state index is 0. The average Bonchev–Trinajstić information content (AvgIpc) is 2.68. The molecule has 2 atom stereocenters. The second kappa shape index (κ2) is 11.8. The van der Waals surface area contributed by atoms with Crippen molar-refractivity contribution in [3.8, 4) is 11.8 Å². The van der Waals surface area contributed by atoms with E-state index in [1.165, 1.54) is 12.0 Å². The van der Waals surface area contributed by atoms with E-state index in [9.17, 15) is 0 Å². The van der Waals surface area contributed by atoms with Gasteiger partial charge in [-0.2, -0.15) is 5.26 Å². The van der Waals surface area contributed by atoms with Crippen molar-refractivity contribution in [1.82, 2.24) is 10.6 Å². The van der Waals surface area contributed by atoms with Crippen LogP contribution in [0.1, 0.15) is 35.6 Å². The van der Waals surface area contributed by atoms with Crippen molar-refractivity contribution in [2.45, 2.75) is 37.9 Å². The first-order valence-corrected chi connectivity index (χ1v) is 8.86. The lowest BCUT2D eigenvalue weighted by Gasteiger charge is -2.34. The van der Waals surface area contributed by atoms with E-state index in [4.69, 9.17) is 10.00 Å². The molecule has 1 aliphatic heterocycles. The largest absolute Gasteiger partial charge is 0.496 e. The van der Waals surface area contributed by atoms with Crippen LogP contribution >= 0.6 is 24.8 Å². The molecule has 0 aliphatic carbocycles. The SMILES string of the molecule is COc1ccc(CC#N)cc1CN[C@H]1CCCN[C@H]1c1ccccc1.Cl.Cl. The van der Waals surface area contributed by atoms with Gasteiger partial charge in [0.1, 0.15) is 5.75 Å². The lowest BCUT2D eigenvalue weighted by Crippen LogP contribution is -2.45. The molecule has 146 valence electrons. The maximum atomic E-state index is 8.93. The topological polar surface area (TPSA) is 57.1 Å². The van der Waals surface area contributed by atoms with E-state index in [-0.39, 0.29) is 24.8 Å². The maximum absolute atomic E-state index is 8.93. The molecule has 1 saturated heterocycles. The number of rotatable bonds is 6. The summed E-state index contributed by atoms with van der Waals surface area (Å²) in [5.74, 6) is 0.870. The number of hydrogen-bond donors (Lipinski definition) is 2. The smallest absolute Gasteiger partial charge is 0.123 e. The first-order chi connectivity index (χ1) is 12.3. The number of benzene rings is 2. The summed E-state index contributed by atoms with van der Waals surface area (Å²) in [7, 11) is 1.69. The zero-order valence-electron chi connectivity index (χ0n) is 15.5. The number of methoxy groups -OCH3 is 1. The van der Waals surface area contributed by atoms with Crippen molar-refractivity contribution in [3.63, 3.8) is 0 Å². The molecule has 0 radical (unpaired) electrons. The van der Waals surface area contributed by atoms with Gasteiger partial charge in [0.15, 0.2) is 0 Å². The molecule has 1 fully saturated rings. The van der Waals surface area contributed by atoms with Crippen LogP contribution in [0, 0.1) is 11.3 Å². The molecule has 0 aromatic heterocycles. The summed E-state index contributed by atoms with van der Waals surface area (Å²) >= 11 is 0. The molecule has 1 heterocycles. The number of halogens is 2. The van der Waals surface area contributed by atoms with Crippen LogP contribution < -0.4 is 15.4 Å². The van der Waals surface area contributed by atoms with Gasteiger partial charge in [0, 0.05) is 24.2 Å². The third kappa shape index (κ3) is 6.12. The molecular weight excluding hydrogens is 381 g/mol. The van der Waals surface area contributed by atoms with Crippen LogP contribution in [0.15, 0.2) is 48.5 Å². The van der Waals surface area contributed by atoms with Gasteiger partial charge in [-0.15, -0.1) is 24.8 Å². The van der Waals surface area contributed by atoms with Crippen LogP contribution in [0.4, 0.5) is 0 Å². The Bertz CT molecular complexity index is 734. The number of nitriles is 1. The summed E-state index contributed by atoms with van der Waals surface area (Å²) in [5, 5.41) is 16.3. The van der Waals surface area contributed by atoms with Gasteiger partial charge in [-0.25, -0.2) is 0 Å². The van der Waals surface area contributed by atoms with Crippen LogP contribution in [0.5, 0.6) is 5.75 Å². The van der Waals surface area contributed by atoms with Crippen molar-refractivity contribution in [2.75, 3.05) is 13.7 Å². The summed E-state index contributed by atoms with van der Waals surface area (Å²) in [6.07, 6.45) is 2.74. The Morgan fingerprint density at radius 3 is 2.67 bits per heavy atom. The van der Waals surface area contributed by atoms with Crippen LogP contribution in [-0.4, -0.2) is 19.7 Å². The Balaban J connectivity index is 0.00000182. The molecule has 6 heteroatoms. The molecule has 4 nitrogen and oxygen atoms in total. The highest BCUT2D eigenvalue weighted by molar-refractivity contribution is 5.85. The number of hydrogen-bond acceptors (Lipinski definition) is 4. The quantitative estimate of drug-likeness (QED) is 0.753. The zero-order valence-corrected chi connectivity index (χ0v) is 17.1. The fraction of sp³-hybridized carbons (Fsp3) is 0.381. The summed E-state index contributed by atoms with van der Waals surface area (Å²) in [6.45, 7) is 1.79. The first-order valence-electron chi connectivity index (χ1n) is 8.86. The van der Waals surface area contributed by atoms with Gasteiger partial charge >= 0.3 is 0 Å². The van der Waals surface area contributed by atoms with E-state index in [0.29, 0.717) is 18.5 Å². The van der Waals surface area contributed by atoms with Crippen molar-refractivity contribution in [3.05, 3.63) is 65.2 Å². The van der Waals surface area contributed by atoms with Crippen LogP contribution in [0.25, 0.3) is 0 Å². The van der Waals surface area contributed by atoms with Gasteiger partial charge in [0.2, 0.25) is 0 Å². The molecule has 1 aliphatic rings. The first kappa shape index (κ1) is 23.3. The van der Waals surface area contributed by atoms with Crippen molar-refractivity contribution in [1.29, 1.82) is 5.26 Å². The number of ether oxygens (including phenoxy) is 1. The average molecular weight is 408 g/mol. The lowest BCUT2D eigenvalue weighted by molar-refractivity contribution is 0.303. The Morgan fingerprint density at radius 2 is 1.96 bits per heavy atom. The highest BCUT2D eigenvalue weighted by atomic mass is 35.5. The zero-order chi connectivity index (χ0) is 17.5. The monoisotopic (exact) mass is 407 g/mol. The van der Waals surface area contributed by atoms with E-state index in [0.717, 1.165) is 36.4 Å². The summed E-state index contributed by atoms with van der Waals surface area (Å²) in [5.41, 5.74) is 3.46. The predicted molar refractivity (Wildman–Crippen MR) is 114 cm³/mol. The van der Waals surface area contributed by atoms with Gasteiger partial charge in [-0.1, -0.05) is 36.4 Å². The van der Waals surface area contributed by atoms with Gasteiger partial charge < -0.3 is 15.4 Å². The van der Waals surface area contributed by atoms with E-state index in [2.05, 4.69) is 53.1 Å². The molecule has 27 heavy (non-hydrogen) atoms. The highest BCUT2D eigenvalue weighted by Crippen LogP contribution is 2.25. The van der Waals surface area contributed by atoms with E-state index in [1.807, 2.05) is 12.1 Å². The molecule has 0 spiro atoms. The summed E-state index contributed by atoms with van der Waals surface area (Å²) < 4.78 is 5.49. The minimum atomic E-state index is 0. The maximum Gasteiger partial charge on any atom is 0.123 e. The predicted octanol–water partition coefficient (Wildman–Crippen LogP) is 4.19. The molecule has 2 aromatic rings. The molecule has 2 N–H and O–H groups in total. The standard InChI is InChI=1S/C21H25N3O.2ClH/c1-25-20-10-9-16(11-12-22)14-18(20)15-24-19-8-5-13-23-21(19)17-6-3-2-4-7-17;;/h2-4,6-7,9-10,14,19,21,23-24H,5,8,11,13,15H2,1H3;2*1H/t19-,21-;;/m0../s1. The molecule has 0 unspecified atom stereocenters. The van der Waals surface area contributed by atoms with E-state index >= 15 is 0 Å². The molecule has 0 amide bonds. The molecule has 0 saturated carbocycles. The molecular formula is C21H27Cl2N3O. The van der Waals surface area contributed by atoms with Crippen LogP contribution in [-0.2, 0) is 13.0 Å². The van der Waals surface area contributed by atoms with Crippen LogP contribution in [0.3, 0.4) is 0 Å². The third-order valence-corrected chi connectivity index (χ3v) is 4.80. The van der Waals surface area contributed by atoms with Gasteiger partial charge in [-0.05, 0) is 42.6 Å². The lowest BCUT2D eigenvalue weighted by atomic mass is 9.92. The number of nitrogens with zero attached hydrogens (tertiary/aromatic N) is 1. The van der Waals surface area contributed by atoms with Crippen LogP contribution in [0.2, 0.25) is 0 Å². The van der Waals surface area contributed by atoms with Crippen molar-refractivity contribution >= 4 is 24.8 Å². The molecule has 2 aromatic carbocycles. The van der Waals surface area contributed by atoms with Gasteiger partial charge in [0.05, 0.1) is 19.6 Å². The van der Waals surface area contributed by atoms with Gasteiger partial charge in [0.25, 0.3) is 0 Å². The Hall–Kier alpha value is -1.77.